The number of fused-ring (bicyclic) bond motifs is 1. The van der Waals surface area contributed by atoms with Gasteiger partial charge in [0.05, 0.1) is 10.4 Å². The Bertz CT molecular complexity index is 596. The fraction of sp³-hybridized carbons (Fsp3) is 0.375. The minimum Gasteiger partial charge on any atom is -0.362 e. The van der Waals surface area contributed by atoms with Crippen LogP contribution in [0.15, 0.2) is 36.4 Å². The lowest BCUT2D eigenvalue weighted by Crippen LogP contribution is -2.39. The lowest BCUT2D eigenvalue weighted by molar-refractivity contribution is 0.504. The van der Waals surface area contributed by atoms with E-state index >= 15 is 0 Å². The molecule has 1 aromatic carbocycles. The Hall–Kier alpha value is -1.03. The molecule has 106 valence electrons. The second-order valence-electron chi connectivity index (χ2n) is 5.23. The molecule has 2 unspecified atom stereocenters. The fourth-order valence-corrected chi connectivity index (χ4v) is 4.21. The maximum atomic E-state index is 6.42. The molecule has 0 radical (unpaired) electrons. The van der Waals surface area contributed by atoms with Crippen LogP contribution in [0.1, 0.15) is 29.8 Å². The third kappa shape index (κ3) is 2.46. The summed E-state index contributed by atoms with van der Waals surface area (Å²) in [4.78, 5) is 3.71. The van der Waals surface area contributed by atoms with Crippen LogP contribution in [-0.2, 0) is 6.42 Å². The molecule has 0 saturated carbocycles. The maximum Gasteiger partial charge on any atom is 0.0932 e. The van der Waals surface area contributed by atoms with E-state index in [0.717, 1.165) is 23.7 Å². The number of hydrogen-bond acceptors (Lipinski definition) is 3. The summed E-state index contributed by atoms with van der Waals surface area (Å²) in [6, 6.07) is 13.1. The summed E-state index contributed by atoms with van der Waals surface area (Å²) in [5.41, 5.74) is 9.16. The van der Waals surface area contributed by atoms with Crippen LogP contribution in [0.5, 0.6) is 0 Å². The first-order valence-electron chi connectivity index (χ1n) is 7.06. The van der Waals surface area contributed by atoms with E-state index < -0.39 is 0 Å². The number of benzene rings is 1. The minimum absolute atomic E-state index is 0.121. The van der Waals surface area contributed by atoms with Crippen molar-refractivity contribution < 1.29 is 0 Å². The number of anilines is 1. The Balaban J connectivity index is 1.99. The van der Waals surface area contributed by atoms with Crippen LogP contribution < -0.4 is 10.6 Å². The third-order valence-electron chi connectivity index (χ3n) is 4.02. The normalized spacial score (nSPS) is 17.1. The van der Waals surface area contributed by atoms with Crippen molar-refractivity contribution in [2.24, 2.45) is 5.73 Å². The molecule has 0 bridgehead atoms. The van der Waals surface area contributed by atoms with E-state index in [2.05, 4.69) is 42.2 Å². The summed E-state index contributed by atoms with van der Waals surface area (Å²) >= 11 is 7.76. The first-order chi connectivity index (χ1) is 9.70. The lowest BCUT2D eigenvalue weighted by atomic mass is 10.0. The van der Waals surface area contributed by atoms with Crippen molar-refractivity contribution >= 4 is 28.6 Å². The van der Waals surface area contributed by atoms with Gasteiger partial charge in [0.25, 0.3) is 0 Å². The average Bonchev–Trinajstić information content (AvgIpc) is 3.07. The minimum atomic E-state index is 0.121. The Morgan fingerprint density at radius 1 is 1.30 bits per heavy atom. The first kappa shape index (κ1) is 13.9. The van der Waals surface area contributed by atoms with E-state index in [1.54, 1.807) is 11.3 Å². The summed E-state index contributed by atoms with van der Waals surface area (Å²) in [6.07, 6.45) is 2.06. The van der Waals surface area contributed by atoms with Gasteiger partial charge in [-0.1, -0.05) is 36.7 Å². The zero-order valence-corrected chi connectivity index (χ0v) is 13.1. The highest BCUT2D eigenvalue weighted by Gasteiger charge is 2.31. The van der Waals surface area contributed by atoms with Crippen molar-refractivity contribution in [2.45, 2.75) is 31.8 Å². The van der Waals surface area contributed by atoms with Gasteiger partial charge in [-0.3, -0.25) is 0 Å². The summed E-state index contributed by atoms with van der Waals surface area (Å²) < 4.78 is 0.834. The standard InChI is InChI=1S/C16H19ClN2S/c1-2-12(18)16(14-7-8-15(17)20-14)19-10-9-11-5-3-4-6-13(11)19/h3-8,12,16H,2,9-10,18H2,1H3. The summed E-state index contributed by atoms with van der Waals surface area (Å²) in [5, 5.41) is 0. The molecule has 2 heterocycles. The van der Waals surface area contributed by atoms with Crippen molar-refractivity contribution in [3.8, 4) is 0 Å². The molecule has 2 atom stereocenters. The molecular weight excluding hydrogens is 288 g/mol. The number of para-hydroxylation sites is 1. The van der Waals surface area contributed by atoms with E-state index in [4.69, 9.17) is 17.3 Å². The molecule has 1 aliphatic heterocycles. The molecule has 3 rings (SSSR count). The molecule has 0 fully saturated rings. The number of rotatable bonds is 4. The van der Waals surface area contributed by atoms with Crippen LogP contribution in [0.25, 0.3) is 0 Å². The number of thiophene rings is 1. The summed E-state index contributed by atoms with van der Waals surface area (Å²) in [7, 11) is 0. The maximum absolute atomic E-state index is 6.42. The number of halogens is 1. The second-order valence-corrected chi connectivity index (χ2v) is 6.98. The number of hydrogen-bond donors (Lipinski definition) is 1. The largest absolute Gasteiger partial charge is 0.362 e. The monoisotopic (exact) mass is 306 g/mol. The predicted octanol–water partition coefficient (Wildman–Crippen LogP) is 4.24. The molecule has 0 aliphatic carbocycles. The predicted molar refractivity (Wildman–Crippen MR) is 87.8 cm³/mol. The van der Waals surface area contributed by atoms with Crippen molar-refractivity contribution in [1.82, 2.24) is 0 Å². The topological polar surface area (TPSA) is 29.3 Å². The van der Waals surface area contributed by atoms with Crippen LogP contribution in [0.4, 0.5) is 5.69 Å². The van der Waals surface area contributed by atoms with E-state index in [0.29, 0.717) is 0 Å². The third-order valence-corrected chi connectivity index (χ3v) is 5.32. The molecule has 0 saturated heterocycles. The zero-order chi connectivity index (χ0) is 14.1. The van der Waals surface area contributed by atoms with Crippen LogP contribution in [0.3, 0.4) is 0 Å². The van der Waals surface area contributed by atoms with Gasteiger partial charge in [0.1, 0.15) is 0 Å². The number of nitrogens with zero attached hydrogens (tertiary/aromatic N) is 1. The Morgan fingerprint density at radius 3 is 2.80 bits per heavy atom. The Labute approximate surface area is 129 Å². The molecule has 20 heavy (non-hydrogen) atoms. The number of nitrogens with two attached hydrogens (primary N) is 1. The zero-order valence-electron chi connectivity index (χ0n) is 11.6. The Morgan fingerprint density at radius 2 is 2.10 bits per heavy atom. The molecular formula is C16H19ClN2S. The lowest BCUT2D eigenvalue weighted by Gasteiger charge is -2.33. The van der Waals surface area contributed by atoms with Gasteiger partial charge in [0, 0.05) is 23.2 Å². The van der Waals surface area contributed by atoms with Gasteiger partial charge < -0.3 is 10.6 Å². The molecule has 2 N–H and O–H groups in total. The van der Waals surface area contributed by atoms with E-state index in [-0.39, 0.29) is 12.1 Å². The van der Waals surface area contributed by atoms with E-state index in [1.165, 1.54) is 16.1 Å². The van der Waals surface area contributed by atoms with E-state index in [1.807, 2.05) is 6.07 Å². The average molecular weight is 307 g/mol. The molecule has 2 aromatic rings. The van der Waals surface area contributed by atoms with Crippen LogP contribution in [-0.4, -0.2) is 12.6 Å². The van der Waals surface area contributed by atoms with Crippen LogP contribution in [0.2, 0.25) is 4.34 Å². The first-order valence-corrected chi connectivity index (χ1v) is 8.25. The van der Waals surface area contributed by atoms with E-state index in [9.17, 15) is 0 Å². The van der Waals surface area contributed by atoms with Crippen molar-refractivity contribution in [3.05, 3.63) is 51.2 Å². The van der Waals surface area contributed by atoms with Crippen LogP contribution >= 0.6 is 22.9 Å². The van der Waals surface area contributed by atoms with Gasteiger partial charge in [-0.05, 0) is 36.6 Å². The van der Waals surface area contributed by atoms with Crippen LogP contribution in [0, 0.1) is 0 Å². The quantitative estimate of drug-likeness (QED) is 0.915. The smallest absolute Gasteiger partial charge is 0.0932 e. The van der Waals surface area contributed by atoms with Gasteiger partial charge in [-0.2, -0.15) is 0 Å². The molecule has 2 nitrogen and oxygen atoms in total. The van der Waals surface area contributed by atoms with Crippen molar-refractivity contribution in [2.75, 3.05) is 11.4 Å². The van der Waals surface area contributed by atoms with Gasteiger partial charge in [-0.15, -0.1) is 11.3 Å². The highest BCUT2D eigenvalue weighted by Crippen LogP contribution is 2.39. The Kier molecular flexibility index (Phi) is 4.01. The molecule has 0 spiro atoms. The highest BCUT2D eigenvalue weighted by molar-refractivity contribution is 7.16. The van der Waals surface area contributed by atoms with Gasteiger partial charge >= 0.3 is 0 Å². The van der Waals surface area contributed by atoms with Gasteiger partial charge in [0.15, 0.2) is 0 Å². The van der Waals surface area contributed by atoms with Crippen molar-refractivity contribution in [1.29, 1.82) is 0 Å². The fourth-order valence-electron chi connectivity index (χ4n) is 2.96. The van der Waals surface area contributed by atoms with Gasteiger partial charge in [0.2, 0.25) is 0 Å². The second kappa shape index (κ2) is 5.76. The van der Waals surface area contributed by atoms with Crippen molar-refractivity contribution in [3.63, 3.8) is 0 Å². The summed E-state index contributed by atoms with van der Waals surface area (Å²) in [6.45, 7) is 3.18. The molecule has 4 heteroatoms. The SMILES string of the molecule is CCC(N)C(c1ccc(Cl)s1)N1CCc2ccccc21. The van der Waals surface area contributed by atoms with Gasteiger partial charge in [-0.25, -0.2) is 0 Å². The highest BCUT2D eigenvalue weighted by atomic mass is 35.5. The molecule has 1 aromatic heterocycles. The molecule has 1 aliphatic rings. The molecule has 0 amide bonds. The summed E-state index contributed by atoms with van der Waals surface area (Å²) in [5.74, 6) is 0.